The van der Waals surface area contributed by atoms with Crippen molar-refractivity contribution >= 4 is 11.7 Å². The van der Waals surface area contributed by atoms with E-state index in [1.807, 2.05) is 13.8 Å². The molecule has 0 saturated carbocycles. The number of rotatable bonds is 5. The maximum atomic E-state index is 11.9. The Bertz CT molecular complexity index is 394. The van der Waals surface area contributed by atoms with Gasteiger partial charge >= 0.3 is 0 Å². The number of hydrazine groups is 1. The van der Waals surface area contributed by atoms with Gasteiger partial charge < -0.3 is 15.5 Å². The maximum absolute atomic E-state index is 11.9. The van der Waals surface area contributed by atoms with Crippen molar-refractivity contribution in [1.82, 2.24) is 15.3 Å². The van der Waals surface area contributed by atoms with E-state index in [-0.39, 0.29) is 11.6 Å². The van der Waals surface area contributed by atoms with Gasteiger partial charge in [-0.05, 0) is 13.8 Å². The topological polar surface area (TPSA) is 102 Å². The van der Waals surface area contributed by atoms with E-state index in [4.69, 9.17) is 10.6 Å². The lowest BCUT2D eigenvalue weighted by Gasteiger charge is -2.24. The fourth-order valence-corrected chi connectivity index (χ4v) is 1.31. The van der Waals surface area contributed by atoms with Crippen LogP contribution in [0.25, 0.3) is 0 Å². The molecule has 0 aliphatic rings. The predicted molar refractivity (Wildman–Crippen MR) is 63.3 cm³/mol. The second kappa shape index (κ2) is 5.55. The minimum atomic E-state index is -0.473. The Morgan fingerprint density at radius 3 is 2.82 bits per heavy atom. The molecule has 1 heterocycles. The van der Waals surface area contributed by atoms with Crippen LogP contribution in [-0.2, 0) is 4.74 Å². The standard InChI is InChI=1S/C10H17N5O2/c1-10(2,6-17-3)14-9(16)7-4-12-5-8(13-7)15-11/h4-5H,6,11H2,1-3H3,(H,13,15)(H,14,16). The highest BCUT2D eigenvalue weighted by atomic mass is 16.5. The smallest absolute Gasteiger partial charge is 0.272 e. The van der Waals surface area contributed by atoms with Gasteiger partial charge in [-0.3, -0.25) is 9.78 Å². The third kappa shape index (κ3) is 3.97. The van der Waals surface area contributed by atoms with Crippen LogP contribution in [0.3, 0.4) is 0 Å². The van der Waals surface area contributed by atoms with Gasteiger partial charge in [-0.1, -0.05) is 0 Å². The summed E-state index contributed by atoms with van der Waals surface area (Å²) in [4.78, 5) is 19.7. The molecule has 0 unspecified atom stereocenters. The monoisotopic (exact) mass is 239 g/mol. The third-order valence-electron chi connectivity index (χ3n) is 1.97. The Labute approximate surface area is 99.7 Å². The van der Waals surface area contributed by atoms with E-state index in [9.17, 15) is 4.79 Å². The van der Waals surface area contributed by atoms with E-state index < -0.39 is 5.54 Å². The highest BCUT2D eigenvalue weighted by molar-refractivity contribution is 5.92. The maximum Gasteiger partial charge on any atom is 0.272 e. The van der Waals surface area contributed by atoms with Crippen molar-refractivity contribution in [2.24, 2.45) is 5.84 Å². The molecule has 0 spiro atoms. The van der Waals surface area contributed by atoms with Crippen molar-refractivity contribution in [3.63, 3.8) is 0 Å². The molecule has 1 aromatic heterocycles. The first-order valence-corrected chi connectivity index (χ1v) is 5.08. The quantitative estimate of drug-likeness (QED) is 0.490. The van der Waals surface area contributed by atoms with Gasteiger partial charge in [-0.25, -0.2) is 10.8 Å². The minimum absolute atomic E-state index is 0.199. The Balaban J connectivity index is 2.75. The van der Waals surface area contributed by atoms with Crippen LogP contribution in [0.1, 0.15) is 24.3 Å². The molecule has 4 N–H and O–H groups in total. The van der Waals surface area contributed by atoms with Crippen molar-refractivity contribution in [2.45, 2.75) is 19.4 Å². The molecule has 94 valence electrons. The van der Waals surface area contributed by atoms with E-state index in [0.29, 0.717) is 12.4 Å². The number of carbonyl (C=O) groups excluding carboxylic acids is 1. The van der Waals surface area contributed by atoms with Crippen molar-refractivity contribution < 1.29 is 9.53 Å². The van der Waals surface area contributed by atoms with Crippen molar-refractivity contribution in [3.8, 4) is 0 Å². The largest absolute Gasteiger partial charge is 0.382 e. The lowest BCUT2D eigenvalue weighted by atomic mass is 10.1. The summed E-state index contributed by atoms with van der Waals surface area (Å²) in [5.41, 5.74) is 2.06. The number of amides is 1. The van der Waals surface area contributed by atoms with E-state index in [2.05, 4.69) is 20.7 Å². The van der Waals surface area contributed by atoms with Gasteiger partial charge in [0.1, 0.15) is 5.69 Å². The minimum Gasteiger partial charge on any atom is -0.382 e. The Morgan fingerprint density at radius 1 is 1.53 bits per heavy atom. The Morgan fingerprint density at radius 2 is 2.24 bits per heavy atom. The van der Waals surface area contributed by atoms with Gasteiger partial charge in [0.2, 0.25) is 0 Å². The zero-order valence-corrected chi connectivity index (χ0v) is 10.2. The molecule has 0 saturated heterocycles. The highest BCUT2D eigenvalue weighted by Crippen LogP contribution is 2.05. The zero-order valence-electron chi connectivity index (χ0n) is 10.2. The summed E-state index contributed by atoms with van der Waals surface area (Å²) in [5, 5.41) is 2.79. The molecule has 1 aromatic rings. The summed E-state index contributed by atoms with van der Waals surface area (Å²) in [5.74, 6) is 5.20. The second-order valence-electron chi connectivity index (χ2n) is 4.20. The molecular weight excluding hydrogens is 222 g/mol. The molecule has 0 bridgehead atoms. The molecule has 0 aliphatic carbocycles. The van der Waals surface area contributed by atoms with Gasteiger partial charge in [0, 0.05) is 7.11 Å². The zero-order chi connectivity index (χ0) is 12.9. The molecule has 0 radical (unpaired) electrons. The number of hydrogen-bond donors (Lipinski definition) is 3. The summed E-state index contributed by atoms with van der Waals surface area (Å²) in [6.45, 7) is 4.11. The summed E-state index contributed by atoms with van der Waals surface area (Å²) < 4.78 is 5.01. The number of nitrogens with two attached hydrogens (primary N) is 1. The molecule has 7 nitrogen and oxygen atoms in total. The van der Waals surface area contributed by atoms with Crippen LogP contribution in [0.2, 0.25) is 0 Å². The first-order valence-electron chi connectivity index (χ1n) is 5.08. The SMILES string of the molecule is COCC(C)(C)NC(=O)c1cncc(NN)n1. The summed E-state index contributed by atoms with van der Waals surface area (Å²) >= 11 is 0. The van der Waals surface area contributed by atoms with E-state index in [0.717, 1.165) is 0 Å². The summed E-state index contributed by atoms with van der Waals surface area (Å²) in [7, 11) is 1.58. The molecule has 0 aromatic carbocycles. The predicted octanol–water partition coefficient (Wildman–Crippen LogP) is -0.0830. The van der Waals surface area contributed by atoms with Crippen LogP contribution >= 0.6 is 0 Å². The highest BCUT2D eigenvalue weighted by Gasteiger charge is 2.21. The number of nitrogens with one attached hydrogen (secondary N) is 2. The number of anilines is 1. The van der Waals surface area contributed by atoms with Gasteiger partial charge in [0.15, 0.2) is 5.82 Å². The van der Waals surface area contributed by atoms with E-state index in [1.165, 1.54) is 12.4 Å². The fourth-order valence-electron chi connectivity index (χ4n) is 1.31. The van der Waals surface area contributed by atoms with Crippen LogP contribution < -0.4 is 16.6 Å². The van der Waals surface area contributed by atoms with Gasteiger partial charge in [-0.15, -0.1) is 0 Å². The van der Waals surface area contributed by atoms with Crippen LogP contribution in [0.5, 0.6) is 0 Å². The molecule has 0 aliphatic heterocycles. The molecule has 17 heavy (non-hydrogen) atoms. The molecule has 1 amide bonds. The van der Waals surface area contributed by atoms with E-state index >= 15 is 0 Å². The number of ether oxygens (including phenoxy) is 1. The summed E-state index contributed by atoms with van der Waals surface area (Å²) in [6.07, 6.45) is 2.80. The number of aromatic nitrogens is 2. The van der Waals surface area contributed by atoms with E-state index in [1.54, 1.807) is 7.11 Å². The van der Waals surface area contributed by atoms with Crippen LogP contribution in [0.15, 0.2) is 12.4 Å². The number of nitrogens with zero attached hydrogens (tertiary/aromatic N) is 2. The van der Waals surface area contributed by atoms with Crippen molar-refractivity contribution in [1.29, 1.82) is 0 Å². The first-order chi connectivity index (χ1) is 7.98. The normalized spacial score (nSPS) is 11.1. The van der Waals surface area contributed by atoms with Crippen molar-refractivity contribution in [2.75, 3.05) is 19.1 Å². The number of nitrogen functional groups attached to an aromatic ring is 1. The molecule has 7 heteroatoms. The lowest BCUT2D eigenvalue weighted by Crippen LogP contribution is -2.47. The van der Waals surface area contributed by atoms with Crippen molar-refractivity contribution in [3.05, 3.63) is 18.1 Å². The first kappa shape index (κ1) is 13.3. The molecular formula is C10H17N5O2. The van der Waals surface area contributed by atoms with Gasteiger partial charge in [0.25, 0.3) is 5.91 Å². The molecule has 0 atom stereocenters. The van der Waals surface area contributed by atoms with Gasteiger partial charge in [0.05, 0.1) is 24.5 Å². The Kier molecular flexibility index (Phi) is 4.36. The van der Waals surface area contributed by atoms with Crippen LogP contribution in [0, 0.1) is 0 Å². The molecule has 0 fully saturated rings. The fraction of sp³-hybridized carbons (Fsp3) is 0.500. The Hall–Kier alpha value is -1.73. The number of hydrogen-bond acceptors (Lipinski definition) is 6. The van der Waals surface area contributed by atoms with Crippen LogP contribution in [0.4, 0.5) is 5.82 Å². The third-order valence-corrected chi connectivity index (χ3v) is 1.97. The summed E-state index contributed by atoms with van der Waals surface area (Å²) in [6, 6.07) is 0. The average molecular weight is 239 g/mol. The lowest BCUT2D eigenvalue weighted by molar-refractivity contribution is 0.0815. The number of carbonyl (C=O) groups is 1. The molecule has 1 rings (SSSR count). The number of methoxy groups -OCH3 is 1. The second-order valence-corrected chi connectivity index (χ2v) is 4.20. The average Bonchev–Trinajstić information content (AvgIpc) is 2.28. The van der Waals surface area contributed by atoms with Gasteiger partial charge in [-0.2, -0.15) is 0 Å². The van der Waals surface area contributed by atoms with Crippen LogP contribution in [-0.4, -0.2) is 35.1 Å².